The molecule has 0 bridgehead atoms. The number of aliphatic hydroxyl groups is 2. The summed E-state index contributed by atoms with van der Waals surface area (Å²) in [4.78, 5) is 23.2. The first-order valence-corrected chi connectivity index (χ1v) is 7.76. The predicted octanol–water partition coefficient (Wildman–Crippen LogP) is 0.00820. The summed E-state index contributed by atoms with van der Waals surface area (Å²) in [5.74, 6) is -2.89. The van der Waals surface area contributed by atoms with Crippen LogP contribution in [0.1, 0.15) is 18.4 Å². The molecule has 0 unspecified atom stereocenters. The van der Waals surface area contributed by atoms with Crippen LogP contribution in [-0.4, -0.2) is 68.5 Å². The van der Waals surface area contributed by atoms with Crippen molar-refractivity contribution in [2.75, 3.05) is 7.11 Å². The van der Waals surface area contributed by atoms with Crippen molar-refractivity contribution in [1.29, 1.82) is 0 Å². The number of carboxylic acid groups (broad SMARTS) is 1. The van der Waals surface area contributed by atoms with Gasteiger partial charge in [0.2, 0.25) is 0 Å². The van der Waals surface area contributed by atoms with Gasteiger partial charge in [-0.25, -0.2) is 9.59 Å². The van der Waals surface area contributed by atoms with E-state index < -0.39 is 35.9 Å². The minimum absolute atomic E-state index is 0.0159. The molecule has 9 heteroatoms. The largest absolute Gasteiger partial charge is 0.504 e. The van der Waals surface area contributed by atoms with Crippen LogP contribution in [-0.2, 0) is 19.1 Å². The lowest BCUT2D eigenvalue weighted by Crippen LogP contribution is -2.62. The molecule has 5 N–H and O–H groups in total. The molecule has 0 amide bonds. The lowest BCUT2D eigenvalue weighted by Gasteiger charge is -2.42. The topological polar surface area (TPSA) is 154 Å². The first-order chi connectivity index (χ1) is 12.2. The minimum atomic E-state index is -1.96. The number of ether oxygens (including phenoxy) is 2. The number of benzene rings is 1. The zero-order chi connectivity index (χ0) is 19.5. The summed E-state index contributed by atoms with van der Waals surface area (Å²) in [6.45, 7) is 0. The molecule has 1 aromatic rings. The number of hydrogen-bond acceptors (Lipinski definition) is 8. The maximum atomic E-state index is 11.9. The van der Waals surface area contributed by atoms with Gasteiger partial charge in [0.25, 0.3) is 0 Å². The molecular weight excluding hydrogens is 348 g/mol. The summed E-state index contributed by atoms with van der Waals surface area (Å²) in [6, 6.07) is 3.94. The number of rotatable bonds is 5. The zero-order valence-corrected chi connectivity index (χ0v) is 13.9. The lowest BCUT2D eigenvalue weighted by molar-refractivity contribution is -0.217. The summed E-state index contributed by atoms with van der Waals surface area (Å²) in [5.41, 5.74) is -1.53. The van der Waals surface area contributed by atoms with E-state index in [9.17, 15) is 35.1 Å². The third kappa shape index (κ3) is 3.79. The smallest absolute Gasteiger partial charge is 0.338 e. The van der Waals surface area contributed by atoms with Gasteiger partial charge in [-0.1, -0.05) is 6.07 Å². The van der Waals surface area contributed by atoms with Gasteiger partial charge in [-0.15, -0.1) is 0 Å². The Morgan fingerprint density at radius 2 is 1.92 bits per heavy atom. The molecule has 142 valence electrons. The van der Waals surface area contributed by atoms with Gasteiger partial charge < -0.3 is 35.0 Å². The number of aliphatic hydroxyl groups excluding tert-OH is 2. The molecule has 0 radical (unpaired) electrons. The summed E-state index contributed by atoms with van der Waals surface area (Å²) >= 11 is 0. The van der Waals surface area contributed by atoms with Gasteiger partial charge in [0, 0.05) is 13.2 Å². The van der Waals surface area contributed by atoms with Crippen LogP contribution in [0, 0.1) is 0 Å². The Morgan fingerprint density at radius 1 is 1.23 bits per heavy atom. The van der Waals surface area contributed by atoms with Crippen molar-refractivity contribution in [2.45, 2.75) is 36.8 Å². The van der Waals surface area contributed by atoms with Crippen molar-refractivity contribution in [3.63, 3.8) is 0 Å². The second-order valence-electron chi connectivity index (χ2n) is 5.93. The lowest BCUT2D eigenvalue weighted by atomic mass is 9.78. The van der Waals surface area contributed by atoms with Crippen LogP contribution in [0.25, 0.3) is 6.08 Å². The number of phenolic OH excluding ortho intramolecular Hbond substituents is 2. The second kappa shape index (κ2) is 7.73. The third-order valence-corrected chi connectivity index (χ3v) is 4.39. The number of aromatic hydroxyl groups is 2. The number of hydrogen-bond donors (Lipinski definition) is 5. The second-order valence-corrected chi connectivity index (χ2v) is 5.93. The van der Waals surface area contributed by atoms with Crippen LogP contribution >= 0.6 is 0 Å². The molecule has 0 aromatic heterocycles. The van der Waals surface area contributed by atoms with Gasteiger partial charge in [-0.2, -0.15) is 0 Å². The quantitative estimate of drug-likeness (QED) is 0.275. The van der Waals surface area contributed by atoms with E-state index in [0.29, 0.717) is 5.56 Å². The van der Waals surface area contributed by atoms with E-state index in [1.165, 1.54) is 24.3 Å². The molecule has 1 aliphatic carbocycles. The van der Waals surface area contributed by atoms with Gasteiger partial charge in [-0.3, -0.25) is 0 Å². The Hall–Kier alpha value is -2.62. The van der Waals surface area contributed by atoms with Crippen LogP contribution in [0.15, 0.2) is 24.3 Å². The maximum absolute atomic E-state index is 11.9. The van der Waals surface area contributed by atoms with E-state index in [1.54, 1.807) is 0 Å². The van der Waals surface area contributed by atoms with Crippen molar-refractivity contribution >= 4 is 18.0 Å². The zero-order valence-electron chi connectivity index (χ0n) is 13.9. The van der Waals surface area contributed by atoms with Gasteiger partial charge in [0.15, 0.2) is 17.1 Å². The fourth-order valence-corrected chi connectivity index (χ4v) is 2.82. The van der Waals surface area contributed by atoms with Crippen molar-refractivity contribution < 1.29 is 44.6 Å². The highest BCUT2D eigenvalue weighted by atomic mass is 16.6. The van der Waals surface area contributed by atoms with E-state index in [1.807, 2.05) is 0 Å². The van der Waals surface area contributed by atoms with Gasteiger partial charge in [0.1, 0.15) is 18.3 Å². The highest BCUT2D eigenvalue weighted by Gasteiger charge is 2.55. The molecular formula is C17H20O9. The number of carbonyl (C=O) groups excluding carboxylic acids is 1. The Labute approximate surface area is 148 Å². The van der Waals surface area contributed by atoms with Crippen molar-refractivity contribution in [3.8, 4) is 11.5 Å². The predicted molar refractivity (Wildman–Crippen MR) is 87.3 cm³/mol. The third-order valence-electron chi connectivity index (χ3n) is 4.39. The molecule has 0 aliphatic heterocycles. The van der Waals surface area contributed by atoms with E-state index >= 15 is 0 Å². The summed E-state index contributed by atoms with van der Waals surface area (Å²) < 4.78 is 9.97. The maximum Gasteiger partial charge on any atom is 0.338 e. The van der Waals surface area contributed by atoms with Crippen molar-refractivity contribution in [1.82, 2.24) is 0 Å². The van der Waals surface area contributed by atoms with Crippen molar-refractivity contribution in [3.05, 3.63) is 29.8 Å². The Balaban J connectivity index is 2.02. The molecule has 0 spiro atoms. The highest BCUT2D eigenvalue weighted by molar-refractivity contribution is 5.87. The first-order valence-electron chi connectivity index (χ1n) is 7.76. The molecule has 1 fully saturated rings. The van der Waals surface area contributed by atoms with Crippen molar-refractivity contribution in [2.24, 2.45) is 0 Å². The Morgan fingerprint density at radius 3 is 2.50 bits per heavy atom. The summed E-state index contributed by atoms with van der Waals surface area (Å²) in [5, 5.41) is 48.0. The van der Waals surface area contributed by atoms with Crippen LogP contribution < -0.4 is 0 Å². The van der Waals surface area contributed by atoms with Crippen LogP contribution in [0.2, 0.25) is 0 Å². The van der Waals surface area contributed by atoms with Gasteiger partial charge >= 0.3 is 11.9 Å². The standard InChI is InChI=1S/C17H20O9/c1-25-17(16(23)24)7-6-12(14(21)15(17)22)26-13(20)5-3-9-2-4-10(18)11(19)8-9/h2-5,8,12,14-15,18-19,21-22H,6-7H2,1H3,(H,23,24)/t12-,14-,15+,17+/m1/s1. The average molecular weight is 368 g/mol. The number of aliphatic carboxylic acids is 1. The number of methoxy groups -OCH3 is 1. The number of carbonyl (C=O) groups is 2. The Kier molecular flexibility index (Phi) is 5.86. The number of esters is 1. The average Bonchev–Trinajstić information content (AvgIpc) is 2.60. The van der Waals surface area contributed by atoms with E-state index in [-0.39, 0.29) is 24.3 Å². The molecule has 1 saturated carbocycles. The first kappa shape index (κ1) is 19.7. The fourth-order valence-electron chi connectivity index (χ4n) is 2.82. The monoisotopic (exact) mass is 368 g/mol. The van der Waals surface area contributed by atoms with E-state index in [2.05, 4.69) is 0 Å². The minimum Gasteiger partial charge on any atom is -0.504 e. The normalized spacial score (nSPS) is 28.8. The summed E-state index contributed by atoms with van der Waals surface area (Å²) in [6.07, 6.45) is -2.30. The SMILES string of the molecule is CO[C@@]1(C(=O)O)CC[C@@H](OC(=O)C=Cc2ccc(O)c(O)c2)[C@@H](O)[C@@H]1O. The molecule has 4 atom stereocenters. The molecule has 1 aromatic carbocycles. The van der Waals surface area contributed by atoms with E-state index in [4.69, 9.17) is 9.47 Å². The van der Waals surface area contributed by atoms with E-state index in [0.717, 1.165) is 13.2 Å². The van der Waals surface area contributed by atoms with Crippen LogP contribution in [0.5, 0.6) is 11.5 Å². The highest BCUT2D eigenvalue weighted by Crippen LogP contribution is 2.34. The van der Waals surface area contributed by atoms with Crippen LogP contribution in [0.3, 0.4) is 0 Å². The molecule has 9 nitrogen and oxygen atoms in total. The Bertz CT molecular complexity index is 714. The molecule has 1 aliphatic rings. The molecule has 0 heterocycles. The van der Waals surface area contributed by atoms with Crippen LogP contribution in [0.4, 0.5) is 0 Å². The number of carboxylic acids is 1. The molecule has 0 saturated heterocycles. The molecule has 26 heavy (non-hydrogen) atoms. The number of phenols is 2. The fraction of sp³-hybridized carbons (Fsp3) is 0.412. The summed E-state index contributed by atoms with van der Waals surface area (Å²) in [7, 11) is 1.12. The molecule has 2 rings (SSSR count). The van der Waals surface area contributed by atoms with Gasteiger partial charge in [0.05, 0.1) is 0 Å². The van der Waals surface area contributed by atoms with Gasteiger partial charge in [-0.05, 0) is 36.6 Å².